The first kappa shape index (κ1) is 17.3. The lowest BCUT2D eigenvalue weighted by atomic mass is 10.1. The van der Waals surface area contributed by atoms with E-state index in [0.29, 0.717) is 19.6 Å². The fourth-order valence-corrected chi connectivity index (χ4v) is 2.47. The van der Waals surface area contributed by atoms with Crippen LogP contribution in [0.3, 0.4) is 0 Å². The number of nitrogens with one attached hydrogen (secondary N) is 1. The third-order valence-electron chi connectivity index (χ3n) is 3.65. The molecular weight excluding hydrogens is 307 g/mol. The van der Waals surface area contributed by atoms with E-state index in [4.69, 9.17) is 6.42 Å². The number of carbonyl (C=O) groups is 1. The van der Waals surface area contributed by atoms with E-state index in [9.17, 15) is 18.0 Å². The van der Waals surface area contributed by atoms with Crippen LogP contribution in [-0.2, 0) is 11.0 Å². The van der Waals surface area contributed by atoms with Gasteiger partial charge in [0.15, 0.2) is 0 Å². The molecular formula is C16H18F3N3O. The molecule has 0 unspecified atom stereocenters. The highest BCUT2D eigenvalue weighted by Gasteiger charge is 2.33. The van der Waals surface area contributed by atoms with E-state index in [2.05, 4.69) is 16.1 Å². The van der Waals surface area contributed by atoms with Gasteiger partial charge in [-0.15, -0.1) is 6.42 Å². The number of piperazine rings is 1. The third kappa shape index (κ3) is 4.98. The molecule has 0 aliphatic carbocycles. The Bertz CT molecular complexity index is 587. The van der Waals surface area contributed by atoms with Crippen LogP contribution in [0.1, 0.15) is 5.56 Å². The van der Waals surface area contributed by atoms with Crippen molar-refractivity contribution < 1.29 is 18.0 Å². The largest absolute Gasteiger partial charge is 0.418 e. The van der Waals surface area contributed by atoms with Gasteiger partial charge in [-0.25, -0.2) is 0 Å². The van der Waals surface area contributed by atoms with Gasteiger partial charge in [0, 0.05) is 26.2 Å². The summed E-state index contributed by atoms with van der Waals surface area (Å²) in [5, 5.41) is 2.35. The van der Waals surface area contributed by atoms with Gasteiger partial charge in [-0.1, -0.05) is 18.1 Å². The molecule has 124 valence electrons. The molecule has 1 aliphatic heterocycles. The molecule has 1 aliphatic rings. The van der Waals surface area contributed by atoms with Crippen molar-refractivity contribution in [2.75, 3.05) is 44.6 Å². The minimum atomic E-state index is -4.50. The maximum atomic E-state index is 12.9. The second-order valence-electron chi connectivity index (χ2n) is 5.35. The van der Waals surface area contributed by atoms with Crippen LogP contribution in [0.4, 0.5) is 18.9 Å². The summed E-state index contributed by atoms with van der Waals surface area (Å²) in [4.78, 5) is 16.0. The molecule has 0 spiro atoms. The fraction of sp³-hybridized carbons (Fsp3) is 0.438. The number of anilines is 1. The zero-order valence-electron chi connectivity index (χ0n) is 12.6. The second kappa shape index (κ2) is 7.49. The second-order valence-corrected chi connectivity index (χ2v) is 5.35. The van der Waals surface area contributed by atoms with Gasteiger partial charge in [-0.3, -0.25) is 14.6 Å². The van der Waals surface area contributed by atoms with Crippen molar-refractivity contribution in [1.29, 1.82) is 0 Å². The van der Waals surface area contributed by atoms with Gasteiger partial charge in [-0.05, 0) is 12.1 Å². The van der Waals surface area contributed by atoms with Crippen molar-refractivity contribution in [1.82, 2.24) is 9.80 Å². The van der Waals surface area contributed by atoms with Crippen LogP contribution in [0.15, 0.2) is 24.3 Å². The van der Waals surface area contributed by atoms with Gasteiger partial charge in [0.05, 0.1) is 24.3 Å². The summed E-state index contributed by atoms with van der Waals surface area (Å²) < 4.78 is 38.7. The zero-order chi connectivity index (χ0) is 16.9. The van der Waals surface area contributed by atoms with Gasteiger partial charge >= 0.3 is 6.18 Å². The number of hydrogen-bond donors (Lipinski definition) is 1. The van der Waals surface area contributed by atoms with Crippen molar-refractivity contribution in [3.63, 3.8) is 0 Å². The Morgan fingerprint density at radius 1 is 1.17 bits per heavy atom. The van der Waals surface area contributed by atoms with Crippen LogP contribution < -0.4 is 5.32 Å². The Labute approximate surface area is 133 Å². The first-order valence-corrected chi connectivity index (χ1v) is 7.24. The number of benzene rings is 1. The Morgan fingerprint density at radius 3 is 2.39 bits per heavy atom. The number of carbonyl (C=O) groups excluding carboxylic acids is 1. The predicted octanol–water partition coefficient (Wildman–Crippen LogP) is 1.89. The number of hydrogen-bond acceptors (Lipinski definition) is 3. The van der Waals surface area contributed by atoms with E-state index in [0.717, 1.165) is 19.2 Å². The monoisotopic (exact) mass is 325 g/mol. The number of terminal acetylenes is 1. The van der Waals surface area contributed by atoms with E-state index < -0.39 is 17.6 Å². The lowest BCUT2D eigenvalue weighted by Crippen LogP contribution is -2.48. The summed E-state index contributed by atoms with van der Waals surface area (Å²) in [6.07, 6.45) is 0.753. The highest BCUT2D eigenvalue weighted by atomic mass is 19.4. The van der Waals surface area contributed by atoms with E-state index in [1.54, 1.807) is 0 Å². The van der Waals surface area contributed by atoms with Crippen LogP contribution >= 0.6 is 0 Å². The molecule has 0 radical (unpaired) electrons. The molecule has 1 aromatic rings. The van der Waals surface area contributed by atoms with E-state index >= 15 is 0 Å². The first-order valence-electron chi connectivity index (χ1n) is 7.24. The molecule has 0 bridgehead atoms. The molecule has 23 heavy (non-hydrogen) atoms. The molecule has 1 fully saturated rings. The van der Waals surface area contributed by atoms with Crippen LogP contribution in [-0.4, -0.2) is 55.0 Å². The average molecular weight is 325 g/mol. The van der Waals surface area contributed by atoms with Crippen molar-refractivity contribution in [2.24, 2.45) is 0 Å². The third-order valence-corrected chi connectivity index (χ3v) is 3.65. The lowest BCUT2D eigenvalue weighted by molar-refractivity contribution is -0.137. The van der Waals surface area contributed by atoms with E-state index in [1.807, 2.05) is 4.90 Å². The molecule has 1 amide bonds. The summed E-state index contributed by atoms with van der Waals surface area (Å²) in [7, 11) is 0. The molecule has 0 aromatic heterocycles. The Balaban J connectivity index is 1.90. The van der Waals surface area contributed by atoms with Gasteiger partial charge in [0.2, 0.25) is 5.91 Å². The number of amides is 1. The minimum absolute atomic E-state index is 0.0656. The predicted molar refractivity (Wildman–Crippen MR) is 81.8 cm³/mol. The van der Waals surface area contributed by atoms with Crippen molar-refractivity contribution >= 4 is 11.6 Å². The van der Waals surface area contributed by atoms with Crippen LogP contribution in [0, 0.1) is 12.3 Å². The lowest BCUT2D eigenvalue weighted by Gasteiger charge is -2.33. The summed E-state index contributed by atoms with van der Waals surface area (Å²) >= 11 is 0. The molecule has 0 atom stereocenters. The molecule has 1 saturated heterocycles. The summed E-state index contributed by atoms with van der Waals surface area (Å²) in [6.45, 7) is 3.45. The molecule has 2 rings (SSSR count). The van der Waals surface area contributed by atoms with Crippen LogP contribution in [0.5, 0.6) is 0 Å². The SMILES string of the molecule is C#CCN1CCN(CC(=O)Nc2ccccc2C(F)(F)F)CC1. The van der Waals surface area contributed by atoms with E-state index in [-0.39, 0.29) is 12.2 Å². The van der Waals surface area contributed by atoms with Crippen LogP contribution in [0.25, 0.3) is 0 Å². The number of halogens is 3. The summed E-state index contributed by atoms with van der Waals surface area (Å²) in [5.41, 5.74) is -1.05. The van der Waals surface area contributed by atoms with Gasteiger partial charge in [0.25, 0.3) is 0 Å². The molecule has 7 heteroatoms. The van der Waals surface area contributed by atoms with E-state index in [1.165, 1.54) is 18.2 Å². The van der Waals surface area contributed by atoms with Crippen molar-refractivity contribution in [3.8, 4) is 12.3 Å². The normalized spacial score (nSPS) is 16.8. The maximum Gasteiger partial charge on any atom is 0.418 e. The smallest absolute Gasteiger partial charge is 0.324 e. The average Bonchev–Trinajstić information content (AvgIpc) is 2.49. The fourth-order valence-electron chi connectivity index (χ4n) is 2.47. The molecule has 4 nitrogen and oxygen atoms in total. The minimum Gasteiger partial charge on any atom is -0.324 e. The molecule has 0 saturated carbocycles. The highest BCUT2D eigenvalue weighted by Crippen LogP contribution is 2.34. The quantitative estimate of drug-likeness (QED) is 0.859. The van der Waals surface area contributed by atoms with Crippen molar-refractivity contribution in [3.05, 3.63) is 29.8 Å². The number of nitrogens with zero attached hydrogens (tertiary/aromatic N) is 2. The Kier molecular flexibility index (Phi) is 5.64. The number of rotatable bonds is 4. The summed E-state index contributed by atoms with van der Waals surface area (Å²) in [6, 6.07) is 4.96. The molecule has 1 N–H and O–H groups in total. The van der Waals surface area contributed by atoms with Crippen molar-refractivity contribution in [2.45, 2.75) is 6.18 Å². The van der Waals surface area contributed by atoms with Gasteiger partial charge < -0.3 is 5.32 Å². The Morgan fingerprint density at radius 2 is 1.78 bits per heavy atom. The van der Waals surface area contributed by atoms with Gasteiger partial charge in [0.1, 0.15) is 0 Å². The molecule has 1 heterocycles. The standard InChI is InChI=1S/C16H18F3N3O/c1-2-7-21-8-10-22(11-9-21)12-15(23)20-14-6-4-3-5-13(14)16(17,18)19/h1,3-6H,7-12H2,(H,20,23). The highest BCUT2D eigenvalue weighted by molar-refractivity contribution is 5.93. The zero-order valence-corrected chi connectivity index (χ0v) is 12.6. The number of alkyl halides is 3. The summed E-state index contributed by atoms with van der Waals surface area (Å²) in [5.74, 6) is 2.12. The Hall–Kier alpha value is -2.04. The van der Waals surface area contributed by atoms with Gasteiger partial charge in [-0.2, -0.15) is 13.2 Å². The maximum absolute atomic E-state index is 12.9. The number of para-hydroxylation sites is 1. The van der Waals surface area contributed by atoms with Crippen LogP contribution in [0.2, 0.25) is 0 Å². The first-order chi connectivity index (χ1) is 10.9. The molecule has 1 aromatic carbocycles. The topological polar surface area (TPSA) is 35.6 Å².